The standard InChI is InChI=1S/C18H28N2O2/c1-18(2,14-10-12-16(22-3)13-11-14)20-17(21)19-15-8-6-4-5-7-9-15/h10-13,15H,4-9H2,1-3H3,(H2,19,20,21). The number of urea groups is 1. The second-order valence-electron chi connectivity index (χ2n) is 6.64. The smallest absolute Gasteiger partial charge is 0.315 e. The minimum absolute atomic E-state index is 0.0762. The third kappa shape index (κ3) is 4.65. The molecule has 0 unspecified atom stereocenters. The number of carbonyl (C=O) groups is 1. The Labute approximate surface area is 133 Å². The number of carbonyl (C=O) groups excluding carboxylic acids is 1. The van der Waals surface area contributed by atoms with Crippen LogP contribution in [0, 0.1) is 0 Å². The highest BCUT2D eigenvalue weighted by atomic mass is 16.5. The molecule has 0 atom stereocenters. The zero-order valence-electron chi connectivity index (χ0n) is 13.9. The molecule has 1 saturated carbocycles. The zero-order chi connectivity index (χ0) is 16.0. The van der Waals surface area contributed by atoms with Crippen molar-refractivity contribution < 1.29 is 9.53 Å². The molecule has 1 aliphatic rings. The first-order chi connectivity index (χ1) is 10.5. The first-order valence-electron chi connectivity index (χ1n) is 8.24. The van der Waals surface area contributed by atoms with Crippen LogP contribution in [0.1, 0.15) is 57.9 Å². The molecule has 4 nitrogen and oxygen atoms in total. The summed E-state index contributed by atoms with van der Waals surface area (Å²) in [5.41, 5.74) is 0.644. The fourth-order valence-electron chi connectivity index (χ4n) is 3.01. The summed E-state index contributed by atoms with van der Waals surface area (Å²) < 4.78 is 5.18. The Hall–Kier alpha value is -1.71. The topological polar surface area (TPSA) is 50.4 Å². The molecule has 1 fully saturated rings. The van der Waals surface area contributed by atoms with Crippen LogP contribution in [-0.4, -0.2) is 19.2 Å². The highest BCUT2D eigenvalue weighted by Gasteiger charge is 2.24. The second-order valence-corrected chi connectivity index (χ2v) is 6.64. The molecule has 2 rings (SSSR count). The van der Waals surface area contributed by atoms with E-state index in [0.29, 0.717) is 6.04 Å². The van der Waals surface area contributed by atoms with Crippen LogP contribution >= 0.6 is 0 Å². The van der Waals surface area contributed by atoms with Crippen molar-refractivity contribution >= 4 is 6.03 Å². The van der Waals surface area contributed by atoms with E-state index in [9.17, 15) is 4.79 Å². The lowest BCUT2D eigenvalue weighted by atomic mass is 9.94. The van der Waals surface area contributed by atoms with Gasteiger partial charge in [0.2, 0.25) is 0 Å². The van der Waals surface area contributed by atoms with Crippen LogP contribution in [0.5, 0.6) is 5.75 Å². The average Bonchev–Trinajstić information content (AvgIpc) is 2.75. The van der Waals surface area contributed by atoms with E-state index in [1.807, 2.05) is 38.1 Å². The van der Waals surface area contributed by atoms with Crippen LogP contribution in [-0.2, 0) is 5.54 Å². The molecule has 1 aliphatic carbocycles. The minimum Gasteiger partial charge on any atom is -0.497 e. The van der Waals surface area contributed by atoms with Crippen molar-refractivity contribution in [3.05, 3.63) is 29.8 Å². The van der Waals surface area contributed by atoms with Crippen molar-refractivity contribution in [2.24, 2.45) is 0 Å². The zero-order valence-corrected chi connectivity index (χ0v) is 13.9. The molecule has 0 spiro atoms. The largest absolute Gasteiger partial charge is 0.497 e. The highest BCUT2D eigenvalue weighted by Crippen LogP contribution is 2.23. The molecule has 0 heterocycles. The molecule has 0 saturated heterocycles. The van der Waals surface area contributed by atoms with Crippen molar-refractivity contribution in [1.82, 2.24) is 10.6 Å². The van der Waals surface area contributed by atoms with Crippen molar-refractivity contribution in [1.29, 1.82) is 0 Å². The van der Waals surface area contributed by atoms with E-state index < -0.39 is 5.54 Å². The Balaban J connectivity index is 1.92. The summed E-state index contributed by atoms with van der Waals surface area (Å²) >= 11 is 0. The maximum Gasteiger partial charge on any atom is 0.315 e. The van der Waals surface area contributed by atoms with Gasteiger partial charge in [-0.25, -0.2) is 4.79 Å². The lowest BCUT2D eigenvalue weighted by molar-refractivity contribution is 0.224. The van der Waals surface area contributed by atoms with Gasteiger partial charge in [-0.05, 0) is 44.4 Å². The Morgan fingerprint density at radius 3 is 2.23 bits per heavy atom. The van der Waals surface area contributed by atoms with Gasteiger partial charge in [-0.1, -0.05) is 37.8 Å². The lowest BCUT2D eigenvalue weighted by Gasteiger charge is -2.28. The monoisotopic (exact) mass is 304 g/mol. The SMILES string of the molecule is COc1ccc(C(C)(C)NC(=O)NC2CCCCCC2)cc1. The minimum atomic E-state index is -0.416. The van der Waals surface area contributed by atoms with Gasteiger partial charge in [0, 0.05) is 6.04 Å². The van der Waals surface area contributed by atoms with Crippen LogP contribution in [0.2, 0.25) is 0 Å². The number of hydrogen-bond acceptors (Lipinski definition) is 2. The van der Waals surface area contributed by atoms with Gasteiger partial charge in [-0.2, -0.15) is 0 Å². The predicted molar refractivity (Wildman–Crippen MR) is 89.2 cm³/mol. The van der Waals surface area contributed by atoms with Crippen LogP contribution in [0.3, 0.4) is 0 Å². The number of ether oxygens (including phenoxy) is 1. The summed E-state index contributed by atoms with van der Waals surface area (Å²) in [4.78, 5) is 12.3. The lowest BCUT2D eigenvalue weighted by Crippen LogP contribution is -2.49. The van der Waals surface area contributed by atoms with Gasteiger partial charge in [-0.15, -0.1) is 0 Å². The Morgan fingerprint density at radius 1 is 1.09 bits per heavy atom. The summed E-state index contributed by atoms with van der Waals surface area (Å²) in [6, 6.07) is 8.06. The molecular formula is C18H28N2O2. The van der Waals surface area contributed by atoms with E-state index in [0.717, 1.165) is 24.2 Å². The Kier molecular flexibility index (Phi) is 5.69. The Morgan fingerprint density at radius 2 is 1.68 bits per heavy atom. The van der Waals surface area contributed by atoms with Gasteiger partial charge in [0.25, 0.3) is 0 Å². The molecule has 4 heteroatoms. The molecule has 0 bridgehead atoms. The molecular weight excluding hydrogens is 276 g/mol. The number of benzene rings is 1. The van der Waals surface area contributed by atoms with Gasteiger partial charge in [0.05, 0.1) is 12.6 Å². The normalized spacial score (nSPS) is 16.7. The second kappa shape index (κ2) is 7.52. The quantitative estimate of drug-likeness (QED) is 0.827. The van der Waals surface area contributed by atoms with Crippen molar-refractivity contribution in [3.8, 4) is 5.75 Å². The van der Waals surface area contributed by atoms with Gasteiger partial charge in [0.15, 0.2) is 0 Å². The third-order valence-corrected chi connectivity index (χ3v) is 4.43. The Bertz CT molecular complexity index is 474. The molecule has 0 aliphatic heterocycles. The number of nitrogens with one attached hydrogen (secondary N) is 2. The molecule has 1 aromatic rings. The fraction of sp³-hybridized carbons (Fsp3) is 0.611. The number of hydrogen-bond donors (Lipinski definition) is 2. The maximum atomic E-state index is 12.3. The van der Waals surface area contributed by atoms with Crippen molar-refractivity contribution in [2.45, 2.75) is 64.0 Å². The van der Waals surface area contributed by atoms with E-state index in [4.69, 9.17) is 4.74 Å². The molecule has 1 aromatic carbocycles. The fourth-order valence-corrected chi connectivity index (χ4v) is 3.01. The maximum absolute atomic E-state index is 12.3. The summed E-state index contributed by atoms with van der Waals surface area (Å²) in [6.45, 7) is 4.03. The van der Waals surface area contributed by atoms with E-state index in [-0.39, 0.29) is 6.03 Å². The molecule has 22 heavy (non-hydrogen) atoms. The van der Waals surface area contributed by atoms with Crippen molar-refractivity contribution in [2.75, 3.05) is 7.11 Å². The summed E-state index contributed by atoms with van der Waals surface area (Å²) in [5.74, 6) is 0.822. The predicted octanol–water partition coefficient (Wildman–Crippen LogP) is 3.95. The van der Waals surface area contributed by atoms with Gasteiger partial charge in [-0.3, -0.25) is 0 Å². The first-order valence-corrected chi connectivity index (χ1v) is 8.24. The van der Waals surface area contributed by atoms with E-state index in [2.05, 4.69) is 10.6 Å². The number of amides is 2. The van der Waals surface area contributed by atoms with E-state index >= 15 is 0 Å². The van der Waals surface area contributed by atoms with Gasteiger partial charge in [0.1, 0.15) is 5.75 Å². The highest BCUT2D eigenvalue weighted by molar-refractivity contribution is 5.75. The van der Waals surface area contributed by atoms with Crippen molar-refractivity contribution in [3.63, 3.8) is 0 Å². The average molecular weight is 304 g/mol. The van der Waals surface area contributed by atoms with Gasteiger partial charge < -0.3 is 15.4 Å². The summed E-state index contributed by atoms with van der Waals surface area (Å²) in [7, 11) is 1.65. The molecule has 2 amide bonds. The van der Waals surface area contributed by atoms with E-state index in [1.54, 1.807) is 7.11 Å². The summed E-state index contributed by atoms with van der Waals surface area (Å²) in [6.07, 6.45) is 7.20. The molecule has 0 aromatic heterocycles. The van der Waals surface area contributed by atoms with Crippen LogP contribution in [0.25, 0.3) is 0 Å². The van der Waals surface area contributed by atoms with Crippen LogP contribution in [0.15, 0.2) is 24.3 Å². The molecule has 2 N–H and O–H groups in total. The molecule has 122 valence electrons. The molecule has 0 radical (unpaired) electrons. The van der Waals surface area contributed by atoms with Gasteiger partial charge >= 0.3 is 6.03 Å². The van der Waals surface area contributed by atoms with E-state index in [1.165, 1.54) is 25.7 Å². The summed E-state index contributed by atoms with van der Waals surface area (Å²) in [5, 5.41) is 6.22. The van der Waals surface area contributed by atoms with Crippen LogP contribution in [0.4, 0.5) is 4.79 Å². The van der Waals surface area contributed by atoms with Crippen LogP contribution < -0.4 is 15.4 Å². The third-order valence-electron chi connectivity index (χ3n) is 4.43. The number of methoxy groups -OCH3 is 1. The first kappa shape index (κ1) is 16.7. The number of rotatable bonds is 4.